The smallest absolute Gasteiger partial charge is 0.380 e. The Kier molecular flexibility index (Phi) is 3.33. The fraction of sp³-hybridized carbons (Fsp3) is 0.538. The lowest BCUT2D eigenvalue weighted by atomic mass is 9.98. The third-order valence-corrected chi connectivity index (χ3v) is 5.00. The highest BCUT2D eigenvalue weighted by Gasteiger charge is 2.41. The van der Waals surface area contributed by atoms with Crippen LogP contribution in [0.25, 0.3) is 0 Å². The van der Waals surface area contributed by atoms with Crippen molar-refractivity contribution in [3.63, 3.8) is 0 Å². The van der Waals surface area contributed by atoms with Gasteiger partial charge in [0.1, 0.15) is 11.4 Å². The first-order chi connectivity index (χ1) is 7.97. The topological polar surface area (TPSA) is 35.5 Å². The van der Waals surface area contributed by atoms with Gasteiger partial charge in [-0.25, -0.2) is 4.57 Å². The second-order valence-corrected chi connectivity index (χ2v) is 6.91. The molecule has 94 valence electrons. The quantitative estimate of drug-likeness (QED) is 0.753. The van der Waals surface area contributed by atoms with Crippen molar-refractivity contribution in [2.75, 3.05) is 6.16 Å². The van der Waals surface area contributed by atoms with Crippen molar-refractivity contribution in [2.45, 2.75) is 39.2 Å². The van der Waals surface area contributed by atoms with Crippen LogP contribution in [0.4, 0.5) is 0 Å². The normalized spacial score (nSPS) is 26.1. The summed E-state index contributed by atoms with van der Waals surface area (Å²) in [5, 5.41) is 0. The predicted octanol–water partition coefficient (Wildman–Crippen LogP) is 4.32. The fourth-order valence-electron chi connectivity index (χ4n) is 2.05. The number of para-hydroxylation sites is 1. The Morgan fingerprint density at radius 3 is 2.71 bits per heavy atom. The molecule has 1 aromatic rings. The summed E-state index contributed by atoms with van der Waals surface area (Å²) in [6, 6.07) is 7.65. The van der Waals surface area contributed by atoms with Gasteiger partial charge in [-0.05, 0) is 26.3 Å². The molecule has 1 aliphatic heterocycles. The Morgan fingerprint density at radius 1 is 1.29 bits per heavy atom. The van der Waals surface area contributed by atoms with Gasteiger partial charge in [0.25, 0.3) is 0 Å². The van der Waals surface area contributed by atoms with Gasteiger partial charge in [-0.1, -0.05) is 31.5 Å². The van der Waals surface area contributed by atoms with E-state index in [-0.39, 0.29) is 0 Å². The molecule has 0 amide bonds. The zero-order chi connectivity index (χ0) is 12.5. The first-order valence-electron chi connectivity index (χ1n) is 6.06. The van der Waals surface area contributed by atoms with Gasteiger partial charge in [-0.3, -0.25) is 4.52 Å². The van der Waals surface area contributed by atoms with Gasteiger partial charge in [-0.15, -0.1) is 0 Å². The maximum atomic E-state index is 12.5. The van der Waals surface area contributed by atoms with Crippen LogP contribution >= 0.6 is 7.60 Å². The minimum absolute atomic E-state index is 0.487. The number of benzene rings is 1. The maximum Gasteiger partial charge on any atom is 0.380 e. The summed E-state index contributed by atoms with van der Waals surface area (Å²) in [6.45, 7) is 5.94. The lowest BCUT2D eigenvalue weighted by Gasteiger charge is -2.37. The van der Waals surface area contributed by atoms with Gasteiger partial charge >= 0.3 is 7.60 Å². The number of hydrogen-bond acceptors (Lipinski definition) is 3. The number of hydrogen-bond donors (Lipinski definition) is 0. The SMILES string of the molecule is CCCCP1(=O)Oc2ccccc2C(C)(C)O1. The third-order valence-electron chi connectivity index (χ3n) is 2.93. The number of rotatable bonds is 3. The van der Waals surface area contributed by atoms with E-state index in [1.807, 2.05) is 38.1 Å². The molecule has 1 heterocycles. The van der Waals surface area contributed by atoms with Crippen LogP contribution in [0.2, 0.25) is 0 Å². The van der Waals surface area contributed by atoms with Gasteiger partial charge in [0.15, 0.2) is 0 Å². The van der Waals surface area contributed by atoms with Crippen molar-refractivity contribution in [1.82, 2.24) is 0 Å². The van der Waals surface area contributed by atoms with Crippen molar-refractivity contribution >= 4 is 7.60 Å². The Balaban J connectivity index is 2.34. The van der Waals surface area contributed by atoms with Gasteiger partial charge in [0.2, 0.25) is 0 Å². The highest BCUT2D eigenvalue weighted by Crippen LogP contribution is 2.59. The molecular formula is C13H19O3P. The zero-order valence-electron chi connectivity index (χ0n) is 10.6. The van der Waals surface area contributed by atoms with Crippen LogP contribution < -0.4 is 4.52 Å². The van der Waals surface area contributed by atoms with Crippen LogP contribution in [0.15, 0.2) is 24.3 Å². The zero-order valence-corrected chi connectivity index (χ0v) is 11.5. The summed E-state index contributed by atoms with van der Waals surface area (Å²) < 4.78 is 23.8. The van der Waals surface area contributed by atoms with E-state index in [0.29, 0.717) is 11.9 Å². The van der Waals surface area contributed by atoms with Gasteiger partial charge in [0, 0.05) is 5.56 Å². The minimum Gasteiger partial charge on any atom is -0.424 e. The molecule has 1 aliphatic rings. The second kappa shape index (κ2) is 4.47. The predicted molar refractivity (Wildman–Crippen MR) is 68.6 cm³/mol. The van der Waals surface area contributed by atoms with Crippen LogP contribution in [0.5, 0.6) is 5.75 Å². The third kappa shape index (κ3) is 2.56. The summed E-state index contributed by atoms with van der Waals surface area (Å²) in [6.07, 6.45) is 2.33. The van der Waals surface area contributed by atoms with E-state index in [4.69, 9.17) is 9.05 Å². The first-order valence-corrected chi connectivity index (χ1v) is 7.78. The molecule has 0 saturated carbocycles. The van der Waals surface area contributed by atoms with E-state index in [1.165, 1.54) is 0 Å². The van der Waals surface area contributed by atoms with Crippen molar-refractivity contribution in [3.8, 4) is 5.75 Å². The van der Waals surface area contributed by atoms with Crippen LogP contribution in [0, 0.1) is 0 Å². The number of fused-ring (bicyclic) bond motifs is 1. The lowest BCUT2D eigenvalue weighted by Crippen LogP contribution is -2.27. The monoisotopic (exact) mass is 254 g/mol. The lowest BCUT2D eigenvalue weighted by molar-refractivity contribution is 0.0761. The molecule has 17 heavy (non-hydrogen) atoms. The maximum absolute atomic E-state index is 12.5. The van der Waals surface area contributed by atoms with E-state index >= 15 is 0 Å². The molecule has 0 radical (unpaired) electrons. The molecule has 1 aromatic carbocycles. The van der Waals surface area contributed by atoms with Crippen LogP contribution in [0.1, 0.15) is 39.2 Å². The Hall–Kier alpha value is -0.790. The van der Waals surface area contributed by atoms with Crippen LogP contribution in [-0.2, 0) is 14.7 Å². The van der Waals surface area contributed by atoms with Crippen molar-refractivity contribution < 1.29 is 13.6 Å². The van der Waals surface area contributed by atoms with E-state index in [0.717, 1.165) is 18.4 Å². The molecule has 0 spiro atoms. The summed E-state index contributed by atoms with van der Waals surface area (Å²) in [5.74, 6) is 0.697. The first kappa shape index (κ1) is 12.7. The molecule has 0 fully saturated rings. The minimum atomic E-state index is -2.98. The highest BCUT2D eigenvalue weighted by atomic mass is 31.2. The summed E-state index contributed by atoms with van der Waals surface area (Å²) in [5.41, 5.74) is 0.418. The van der Waals surface area contributed by atoms with E-state index in [9.17, 15) is 4.57 Å². The highest BCUT2D eigenvalue weighted by molar-refractivity contribution is 7.54. The fourth-order valence-corrected chi connectivity index (χ4v) is 4.23. The molecule has 0 bridgehead atoms. The Morgan fingerprint density at radius 2 is 2.00 bits per heavy atom. The molecule has 2 rings (SSSR count). The molecule has 0 aliphatic carbocycles. The second-order valence-electron chi connectivity index (χ2n) is 4.88. The average molecular weight is 254 g/mol. The molecular weight excluding hydrogens is 235 g/mol. The average Bonchev–Trinajstić information content (AvgIpc) is 2.25. The summed E-state index contributed by atoms with van der Waals surface area (Å²) >= 11 is 0. The molecule has 1 unspecified atom stereocenters. The van der Waals surface area contributed by atoms with E-state index < -0.39 is 13.2 Å². The van der Waals surface area contributed by atoms with Gasteiger partial charge in [-0.2, -0.15) is 0 Å². The molecule has 0 aromatic heterocycles. The van der Waals surface area contributed by atoms with E-state index in [2.05, 4.69) is 6.92 Å². The molecule has 1 atom stereocenters. The Bertz CT molecular complexity index is 454. The Labute approximate surface area is 103 Å². The van der Waals surface area contributed by atoms with Crippen molar-refractivity contribution in [3.05, 3.63) is 29.8 Å². The van der Waals surface area contributed by atoms with E-state index in [1.54, 1.807) is 0 Å². The summed E-state index contributed by atoms with van der Waals surface area (Å²) in [7, 11) is -2.98. The van der Waals surface area contributed by atoms with Crippen LogP contribution in [-0.4, -0.2) is 6.16 Å². The molecule has 4 heteroatoms. The number of unbranched alkanes of at least 4 members (excludes halogenated alkanes) is 1. The molecule has 0 N–H and O–H groups in total. The molecule has 3 nitrogen and oxygen atoms in total. The van der Waals surface area contributed by atoms with Crippen molar-refractivity contribution in [2.24, 2.45) is 0 Å². The largest absolute Gasteiger partial charge is 0.424 e. The van der Waals surface area contributed by atoms with Gasteiger partial charge in [0.05, 0.1) is 6.16 Å². The van der Waals surface area contributed by atoms with Crippen LogP contribution in [0.3, 0.4) is 0 Å². The summed E-state index contributed by atoms with van der Waals surface area (Å²) in [4.78, 5) is 0. The standard InChI is InChI=1S/C13H19O3P/c1-4-5-10-17(14)15-12-9-7-6-8-11(12)13(2,3)16-17/h6-9H,4-5,10H2,1-3H3. The van der Waals surface area contributed by atoms with Gasteiger partial charge < -0.3 is 4.52 Å². The van der Waals surface area contributed by atoms with Crippen molar-refractivity contribution in [1.29, 1.82) is 0 Å². The molecule has 0 saturated heterocycles.